The molecule has 0 spiro atoms. The Morgan fingerprint density at radius 3 is 2.62 bits per heavy atom. The van der Waals surface area contributed by atoms with Gasteiger partial charge in [0.05, 0.1) is 12.7 Å². The summed E-state index contributed by atoms with van der Waals surface area (Å²) in [5, 5.41) is 0. The molecule has 1 aromatic rings. The molecule has 2 rings (SSSR count). The molecule has 0 fully saturated rings. The molecule has 0 saturated carbocycles. The van der Waals surface area contributed by atoms with Crippen LogP contribution in [-0.4, -0.2) is 5.78 Å². The lowest BCUT2D eigenvalue weighted by atomic mass is 9.85. The van der Waals surface area contributed by atoms with Crippen molar-refractivity contribution in [2.75, 3.05) is 0 Å². The van der Waals surface area contributed by atoms with Crippen LogP contribution >= 0.6 is 15.9 Å². The second kappa shape index (κ2) is 4.42. The predicted octanol–water partition coefficient (Wildman–Crippen LogP) is 3.56. The highest BCUT2D eigenvalue weighted by Crippen LogP contribution is 2.36. The number of hydrogen-bond donors (Lipinski definition) is 0. The van der Waals surface area contributed by atoms with E-state index in [2.05, 4.69) is 15.9 Å². The molecule has 84 valence electrons. The molecule has 0 radical (unpaired) electrons. The van der Waals surface area contributed by atoms with Crippen molar-refractivity contribution in [2.45, 2.75) is 25.4 Å². The third kappa shape index (κ3) is 2.05. The number of halogens is 1. The van der Waals surface area contributed by atoms with Crippen molar-refractivity contribution in [3.63, 3.8) is 0 Å². The molecule has 16 heavy (non-hydrogen) atoms. The summed E-state index contributed by atoms with van der Waals surface area (Å²) in [5.74, 6) is 0.121. The van der Waals surface area contributed by atoms with Crippen molar-refractivity contribution in [3.05, 3.63) is 46.6 Å². The molecule has 1 aliphatic heterocycles. The minimum absolute atomic E-state index is 0.121. The molecule has 1 unspecified atom stereocenters. The summed E-state index contributed by atoms with van der Waals surface area (Å²) in [7, 11) is 0. The van der Waals surface area contributed by atoms with Gasteiger partial charge >= 0.3 is 0 Å². The maximum absolute atomic E-state index is 11.5. The topological polar surface area (TPSA) is 26.3 Å². The van der Waals surface area contributed by atoms with Crippen LogP contribution < -0.4 is 0 Å². The minimum atomic E-state index is -0.480. The largest absolute Gasteiger partial charge is 0.490 e. The van der Waals surface area contributed by atoms with E-state index in [4.69, 9.17) is 4.74 Å². The average molecular weight is 281 g/mol. The highest BCUT2D eigenvalue weighted by Gasteiger charge is 2.35. The molecule has 0 saturated heterocycles. The maximum atomic E-state index is 11.5. The monoisotopic (exact) mass is 280 g/mol. The first kappa shape index (κ1) is 11.4. The molecular formula is C13H13BrO2. The van der Waals surface area contributed by atoms with Gasteiger partial charge in [0, 0.05) is 10.5 Å². The van der Waals surface area contributed by atoms with Crippen LogP contribution in [0.15, 0.2) is 41.1 Å². The Morgan fingerprint density at radius 2 is 2.06 bits per heavy atom. The summed E-state index contributed by atoms with van der Waals surface area (Å²) in [6.07, 6.45) is 4.20. The third-order valence-electron chi connectivity index (χ3n) is 2.95. The lowest BCUT2D eigenvalue weighted by Gasteiger charge is -2.34. The van der Waals surface area contributed by atoms with E-state index < -0.39 is 5.60 Å². The molecule has 0 aromatic heterocycles. The molecule has 1 atom stereocenters. The highest BCUT2D eigenvalue weighted by atomic mass is 79.9. The lowest BCUT2D eigenvalue weighted by Crippen LogP contribution is -2.32. The van der Waals surface area contributed by atoms with Crippen LogP contribution in [0.25, 0.3) is 0 Å². The van der Waals surface area contributed by atoms with E-state index in [0.717, 1.165) is 16.5 Å². The zero-order valence-corrected chi connectivity index (χ0v) is 10.7. The van der Waals surface area contributed by atoms with Gasteiger partial charge in [-0.1, -0.05) is 35.0 Å². The molecule has 1 aromatic carbocycles. The number of rotatable bonds is 2. The van der Waals surface area contributed by atoms with Crippen molar-refractivity contribution >= 4 is 21.7 Å². The van der Waals surface area contributed by atoms with Crippen LogP contribution in [0.1, 0.15) is 25.3 Å². The quantitative estimate of drug-likeness (QED) is 0.828. The van der Waals surface area contributed by atoms with Gasteiger partial charge in [-0.25, -0.2) is 0 Å². The van der Waals surface area contributed by atoms with Gasteiger partial charge in [-0.05, 0) is 24.1 Å². The lowest BCUT2D eigenvalue weighted by molar-refractivity contribution is -0.123. The number of benzene rings is 1. The molecule has 3 heteroatoms. The van der Waals surface area contributed by atoms with Gasteiger partial charge in [0.1, 0.15) is 5.60 Å². The van der Waals surface area contributed by atoms with E-state index in [-0.39, 0.29) is 5.78 Å². The smallest absolute Gasteiger partial charge is 0.163 e. The van der Waals surface area contributed by atoms with Crippen LogP contribution in [-0.2, 0) is 15.1 Å². The van der Waals surface area contributed by atoms with E-state index in [9.17, 15) is 4.79 Å². The van der Waals surface area contributed by atoms with Crippen molar-refractivity contribution in [1.82, 2.24) is 0 Å². The summed E-state index contributed by atoms with van der Waals surface area (Å²) in [5.41, 5.74) is 0.572. The zero-order valence-electron chi connectivity index (χ0n) is 9.07. The van der Waals surface area contributed by atoms with Crippen molar-refractivity contribution in [2.24, 2.45) is 0 Å². The minimum Gasteiger partial charge on any atom is -0.490 e. The van der Waals surface area contributed by atoms with Crippen LogP contribution in [0.3, 0.4) is 0 Å². The second-order valence-electron chi connectivity index (χ2n) is 3.92. The van der Waals surface area contributed by atoms with Gasteiger partial charge in [0.2, 0.25) is 0 Å². The maximum Gasteiger partial charge on any atom is 0.163 e. The number of allylic oxidation sites excluding steroid dienone is 1. The molecule has 0 aliphatic carbocycles. The Kier molecular flexibility index (Phi) is 3.15. The molecular weight excluding hydrogens is 268 g/mol. The van der Waals surface area contributed by atoms with Crippen LogP contribution in [0.2, 0.25) is 0 Å². The second-order valence-corrected chi connectivity index (χ2v) is 4.83. The van der Waals surface area contributed by atoms with E-state index in [1.165, 1.54) is 12.3 Å². The summed E-state index contributed by atoms with van der Waals surface area (Å²) in [4.78, 5) is 11.5. The fourth-order valence-corrected chi connectivity index (χ4v) is 2.22. The summed E-state index contributed by atoms with van der Waals surface area (Å²) >= 11 is 3.40. The van der Waals surface area contributed by atoms with Gasteiger partial charge in [-0.2, -0.15) is 0 Å². The van der Waals surface area contributed by atoms with Gasteiger partial charge in [-0.15, -0.1) is 0 Å². The average Bonchev–Trinajstić information content (AvgIpc) is 2.29. The SMILES string of the molecule is CCC1(c2ccc(Br)cc2)CC(=O)C=CO1. The Balaban J connectivity index is 2.38. The van der Waals surface area contributed by atoms with Crippen LogP contribution in [0.4, 0.5) is 0 Å². The van der Waals surface area contributed by atoms with Crippen molar-refractivity contribution in [1.29, 1.82) is 0 Å². The fraction of sp³-hybridized carbons (Fsp3) is 0.308. The van der Waals surface area contributed by atoms with Crippen molar-refractivity contribution in [3.8, 4) is 0 Å². The van der Waals surface area contributed by atoms with Gasteiger partial charge in [0.25, 0.3) is 0 Å². The number of carbonyl (C=O) groups is 1. The molecule has 1 aliphatic rings. The molecule has 0 amide bonds. The molecule has 0 N–H and O–H groups in total. The first-order chi connectivity index (χ1) is 7.66. The van der Waals surface area contributed by atoms with Gasteiger partial charge in [0.15, 0.2) is 5.78 Å². The molecule has 1 heterocycles. The number of hydrogen-bond acceptors (Lipinski definition) is 2. The van der Waals surface area contributed by atoms with E-state index in [1.54, 1.807) is 0 Å². The fourth-order valence-electron chi connectivity index (χ4n) is 1.96. The van der Waals surface area contributed by atoms with Crippen molar-refractivity contribution < 1.29 is 9.53 Å². The van der Waals surface area contributed by atoms with Gasteiger partial charge < -0.3 is 4.74 Å². The summed E-state index contributed by atoms with van der Waals surface area (Å²) < 4.78 is 6.72. The third-order valence-corrected chi connectivity index (χ3v) is 3.48. The number of carbonyl (C=O) groups excluding carboxylic acids is 1. The first-order valence-electron chi connectivity index (χ1n) is 5.29. The normalized spacial score (nSPS) is 24.2. The Labute approximate surface area is 103 Å². The first-order valence-corrected chi connectivity index (χ1v) is 6.09. The number of ketones is 1. The molecule has 2 nitrogen and oxygen atoms in total. The Bertz CT molecular complexity index is 422. The van der Waals surface area contributed by atoms with Crippen LogP contribution in [0, 0.1) is 0 Å². The van der Waals surface area contributed by atoms with E-state index >= 15 is 0 Å². The highest BCUT2D eigenvalue weighted by molar-refractivity contribution is 9.10. The van der Waals surface area contributed by atoms with Gasteiger partial charge in [-0.3, -0.25) is 4.79 Å². The van der Waals surface area contributed by atoms with E-state index in [0.29, 0.717) is 6.42 Å². The Hall–Kier alpha value is -1.09. The summed E-state index contributed by atoms with van der Waals surface area (Å²) in [6.45, 7) is 2.04. The van der Waals surface area contributed by atoms with Crippen LogP contribution in [0.5, 0.6) is 0 Å². The summed E-state index contributed by atoms with van der Waals surface area (Å²) in [6, 6.07) is 7.94. The number of ether oxygens (including phenoxy) is 1. The standard InChI is InChI=1S/C13H13BrO2/c1-2-13(9-12(15)7-8-16-13)10-3-5-11(14)6-4-10/h3-8H,2,9H2,1H3. The predicted molar refractivity (Wildman–Crippen MR) is 66.0 cm³/mol. The zero-order chi connectivity index (χ0) is 11.6. The Morgan fingerprint density at radius 1 is 1.38 bits per heavy atom. The molecule has 0 bridgehead atoms. The van der Waals surface area contributed by atoms with E-state index in [1.807, 2.05) is 31.2 Å².